The summed E-state index contributed by atoms with van der Waals surface area (Å²) in [6.45, 7) is 5.82. The molecular formula is C65H110O12. The molecule has 12 nitrogen and oxygen atoms in total. The fourth-order valence-electron chi connectivity index (χ4n) is 9.04. The highest BCUT2D eigenvalue weighted by Gasteiger charge is 2.50. The Bertz CT molecular complexity index is 1620. The summed E-state index contributed by atoms with van der Waals surface area (Å²) in [6, 6.07) is 0. The Labute approximate surface area is 468 Å². The average Bonchev–Trinajstić information content (AvgIpc) is 3.42. The molecule has 77 heavy (non-hydrogen) atoms. The zero-order valence-electron chi connectivity index (χ0n) is 48.7. The summed E-state index contributed by atoms with van der Waals surface area (Å²) in [6.07, 6.45) is 54.4. The van der Waals surface area contributed by atoms with Crippen LogP contribution in [0, 0.1) is 0 Å². The Kier molecular flexibility index (Phi) is 48.8. The van der Waals surface area contributed by atoms with E-state index in [9.17, 15) is 34.5 Å². The third kappa shape index (κ3) is 42.7. The minimum absolute atomic E-state index is 0.0564. The second-order valence-corrected chi connectivity index (χ2v) is 21.0. The van der Waals surface area contributed by atoms with Crippen LogP contribution in [0.5, 0.6) is 0 Å². The Hall–Kier alpha value is -3.84. The lowest BCUT2D eigenvalue weighted by Gasteiger charge is -2.40. The quantitative estimate of drug-likeness (QED) is 0.0228. The van der Waals surface area contributed by atoms with Crippen LogP contribution in [0.15, 0.2) is 72.9 Å². The zero-order valence-corrected chi connectivity index (χ0v) is 48.7. The third-order valence-corrected chi connectivity index (χ3v) is 13.8. The molecule has 0 saturated carbocycles. The number of aliphatic hydroxyl groups is 2. The number of hydrogen-bond acceptors (Lipinski definition) is 11. The van der Waals surface area contributed by atoms with Gasteiger partial charge in [0.15, 0.2) is 24.6 Å². The summed E-state index contributed by atoms with van der Waals surface area (Å²) < 4.78 is 28.4. The van der Waals surface area contributed by atoms with E-state index in [0.29, 0.717) is 19.3 Å². The molecule has 0 aliphatic carbocycles. The van der Waals surface area contributed by atoms with Crippen molar-refractivity contribution in [2.24, 2.45) is 0 Å². The number of carbonyl (C=O) groups excluding carboxylic acids is 3. The van der Waals surface area contributed by atoms with E-state index in [2.05, 4.69) is 93.7 Å². The summed E-state index contributed by atoms with van der Waals surface area (Å²) in [5.41, 5.74) is 0. The van der Waals surface area contributed by atoms with Gasteiger partial charge in [-0.25, -0.2) is 4.79 Å². The number of ether oxygens (including phenoxy) is 5. The SMILES string of the molecule is CC/C=C\C/C=C\C/C=C\C/C=C\CCCCC(=O)OCC(COC1OC(C(=O)O)C(O)C(O)C1OC(=O)CCCCCCCCCCCCCCCCCCC)OC(=O)CCCCCCC/C=C\C/C=C\CCCCC. The molecule has 6 unspecified atom stereocenters. The van der Waals surface area contributed by atoms with Gasteiger partial charge >= 0.3 is 23.9 Å². The van der Waals surface area contributed by atoms with Gasteiger partial charge in [-0.15, -0.1) is 0 Å². The Morgan fingerprint density at radius 2 is 0.818 bits per heavy atom. The molecule has 6 atom stereocenters. The molecule has 0 spiro atoms. The summed E-state index contributed by atoms with van der Waals surface area (Å²) in [5, 5.41) is 31.5. The molecule has 1 heterocycles. The van der Waals surface area contributed by atoms with Crippen molar-refractivity contribution in [1.29, 1.82) is 0 Å². The van der Waals surface area contributed by atoms with Crippen LogP contribution in [0.2, 0.25) is 0 Å². The maximum atomic E-state index is 13.2. The lowest BCUT2D eigenvalue weighted by atomic mass is 9.98. The molecule has 1 saturated heterocycles. The van der Waals surface area contributed by atoms with Crippen molar-refractivity contribution in [2.75, 3.05) is 13.2 Å². The minimum atomic E-state index is -1.91. The predicted octanol–water partition coefficient (Wildman–Crippen LogP) is 16.1. The molecule has 0 bridgehead atoms. The van der Waals surface area contributed by atoms with Gasteiger partial charge < -0.3 is 39.0 Å². The standard InChI is InChI=1S/C65H110O12/c1-4-7-10-13-16-19-22-25-28-29-32-35-38-41-44-47-50-53-59(68)76-63-61(70)60(69)62(64(71)72)77-65(63)74-55-56(75-58(67)52-49-46-43-40-37-34-31-27-24-21-18-15-12-9-6-3)54-73-57(66)51-48-45-42-39-36-33-30-26-23-20-17-14-11-8-5-2/h8,11,17-18,20-21,26-27,30-31,36,39,56,60-63,65,69-70H,4-7,9-10,12-16,19,22-25,28-29,32-35,37-38,40-55H2,1-3H3,(H,71,72)/b11-8-,20-17-,21-18-,30-26-,31-27-,39-36-. The fraction of sp³-hybridized carbons (Fsp3) is 0.754. The summed E-state index contributed by atoms with van der Waals surface area (Å²) in [7, 11) is 0. The van der Waals surface area contributed by atoms with Crippen molar-refractivity contribution >= 4 is 23.9 Å². The zero-order chi connectivity index (χ0) is 56.1. The smallest absolute Gasteiger partial charge is 0.335 e. The van der Waals surface area contributed by atoms with Crippen molar-refractivity contribution in [3.63, 3.8) is 0 Å². The molecule has 0 aromatic rings. The predicted molar refractivity (Wildman–Crippen MR) is 312 cm³/mol. The van der Waals surface area contributed by atoms with Crippen molar-refractivity contribution in [3.05, 3.63) is 72.9 Å². The van der Waals surface area contributed by atoms with Crippen LogP contribution in [0.3, 0.4) is 0 Å². The molecule has 1 rings (SSSR count). The average molecular weight is 1080 g/mol. The number of carboxylic acids is 1. The highest BCUT2D eigenvalue weighted by molar-refractivity contribution is 5.74. The topological polar surface area (TPSA) is 175 Å². The van der Waals surface area contributed by atoms with E-state index in [-0.39, 0.29) is 25.9 Å². The molecule has 12 heteroatoms. The van der Waals surface area contributed by atoms with E-state index in [0.717, 1.165) is 109 Å². The van der Waals surface area contributed by atoms with Crippen LogP contribution in [0.4, 0.5) is 0 Å². The van der Waals surface area contributed by atoms with Gasteiger partial charge in [0.1, 0.15) is 18.8 Å². The second-order valence-electron chi connectivity index (χ2n) is 21.0. The maximum absolute atomic E-state index is 13.2. The van der Waals surface area contributed by atoms with Crippen molar-refractivity contribution in [2.45, 2.75) is 302 Å². The number of hydrogen-bond donors (Lipinski definition) is 3. The van der Waals surface area contributed by atoms with E-state index in [1.54, 1.807) is 0 Å². The first-order valence-electron chi connectivity index (χ1n) is 30.9. The van der Waals surface area contributed by atoms with E-state index in [1.807, 2.05) is 0 Å². The lowest BCUT2D eigenvalue weighted by molar-refractivity contribution is -0.301. The van der Waals surface area contributed by atoms with Gasteiger partial charge in [0.25, 0.3) is 0 Å². The monoisotopic (exact) mass is 1080 g/mol. The Balaban J connectivity index is 2.70. The van der Waals surface area contributed by atoms with Crippen LogP contribution in [-0.4, -0.2) is 89.2 Å². The van der Waals surface area contributed by atoms with Gasteiger partial charge in [-0.2, -0.15) is 0 Å². The number of aliphatic carboxylic acids is 1. The highest BCUT2D eigenvalue weighted by atomic mass is 16.7. The van der Waals surface area contributed by atoms with Crippen LogP contribution in [0.25, 0.3) is 0 Å². The Morgan fingerprint density at radius 3 is 1.30 bits per heavy atom. The molecule has 442 valence electrons. The molecular weight excluding hydrogens is 973 g/mol. The molecule has 0 amide bonds. The van der Waals surface area contributed by atoms with E-state index >= 15 is 0 Å². The van der Waals surface area contributed by atoms with Gasteiger partial charge in [-0.05, 0) is 89.9 Å². The number of unbranched alkanes of at least 4 members (excludes halogenated alkanes) is 26. The largest absolute Gasteiger partial charge is 0.479 e. The summed E-state index contributed by atoms with van der Waals surface area (Å²) >= 11 is 0. The molecule has 1 aliphatic heterocycles. The van der Waals surface area contributed by atoms with E-state index < -0.39 is 67.3 Å². The van der Waals surface area contributed by atoms with Crippen molar-refractivity contribution in [1.82, 2.24) is 0 Å². The van der Waals surface area contributed by atoms with Gasteiger partial charge in [-0.1, -0.05) is 229 Å². The van der Waals surface area contributed by atoms with Crippen LogP contribution < -0.4 is 0 Å². The maximum Gasteiger partial charge on any atom is 0.335 e. The second kappa shape index (κ2) is 52.8. The Morgan fingerprint density at radius 1 is 0.442 bits per heavy atom. The summed E-state index contributed by atoms with van der Waals surface area (Å²) in [5.74, 6) is -3.18. The first kappa shape index (κ1) is 71.2. The number of carbonyl (C=O) groups is 4. The number of rotatable bonds is 52. The van der Waals surface area contributed by atoms with E-state index in [1.165, 1.54) is 96.3 Å². The molecule has 0 aromatic carbocycles. The minimum Gasteiger partial charge on any atom is -0.479 e. The number of allylic oxidation sites excluding steroid dienone is 12. The van der Waals surface area contributed by atoms with Gasteiger partial charge in [-0.3, -0.25) is 14.4 Å². The number of carboxylic acid groups (broad SMARTS) is 1. The molecule has 0 aromatic heterocycles. The van der Waals surface area contributed by atoms with Gasteiger partial charge in [0, 0.05) is 19.3 Å². The lowest BCUT2D eigenvalue weighted by Crippen LogP contribution is -2.61. The number of esters is 3. The summed E-state index contributed by atoms with van der Waals surface area (Å²) in [4.78, 5) is 51.2. The number of aliphatic hydroxyl groups excluding tert-OH is 2. The van der Waals surface area contributed by atoms with E-state index in [4.69, 9.17) is 23.7 Å². The first-order valence-corrected chi connectivity index (χ1v) is 30.9. The van der Waals surface area contributed by atoms with Gasteiger partial charge in [0.05, 0.1) is 6.61 Å². The highest BCUT2D eigenvalue weighted by Crippen LogP contribution is 2.26. The molecule has 0 radical (unpaired) electrons. The molecule has 1 aliphatic rings. The molecule has 1 fully saturated rings. The van der Waals surface area contributed by atoms with Crippen LogP contribution in [-0.2, 0) is 42.9 Å². The van der Waals surface area contributed by atoms with Gasteiger partial charge in [0.2, 0.25) is 0 Å². The normalized spacial score (nSPS) is 18.5. The first-order chi connectivity index (χ1) is 37.6. The van der Waals surface area contributed by atoms with Crippen LogP contribution in [0.1, 0.15) is 265 Å². The molecule has 3 N–H and O–H groups in total. The van der Waals surface area contributed by atoms with Crippen molar-refractivity contribution in [3.8, 4) is 0 Å². The van der Waals surface area contributed by atoms with Crippen LogP contribution >= 0.6 is 0 Å². The third-order valence-electron chi connectivity index (χ3n) is 13.8. The van der Waals surface area contributed by atoms with Crippen molar-refractivity contribution < 1.29 is 58.2 Å². The fourth-order valence-corrected chi connectivity index (χ4v) is 9.04.